The number of aromatic nitrogens is 1. The van der Waals surface area contributed by atoms with Gasteiger partial charge < -0.3 is 20.1 Å². The van der Waals surface area contributed by atoms with Crippen LogP contribution in [-0.2, 0) is 11.8 Å². The summed E-state index contributed by atoms with van der Waals surface area (Å²) in [6.45, 7) is 3.07. The molecule has 8 heteroatoms. The number of aryl methyl sites for hydroxylation is 1. The zero-order valence-corrected chi connectivity index (χ0v) is 16.9. The van der Waals surface area contributed by atoms with E-state index in [1.807, 2.05) is 28.8 Å². The summed E-state index contributed by atoms with van der Waals surface area (Å²) in [7, 11) is 1.88. The van der Waals surface area contributed by atoms with Gasteiger partial charge in [-0.25, -0.2) is 0 Å². The molecule has 0 saturated carbocycles. The summed E-state index contributed by atoms with van der Waals surface area (Å²) < 4.78 is 2.77. The first-order valence-corrected chi connectivity index (χ1v) is 9.46. The number of rotatable bonds is 4. The number of carbonyl (C=O) groups is 2. The van der Waals surface area contributed by atoms with Crippen LogP contribution in [0.4, 0.5) is 0 Å². The largest absolute Gasteiger partial charge is 0.354 e. The molecule has 2 saturated heterocycles. The van der Waals surface area contributed by atoms with Crippen LogP contribution in [0.25, 0.3) is 0 Å². The van der Waals surface area contributed by atoms with Crippen LogP contribution in [-0.4, -0.2) is 53.5 Å². The van der Waals surface area contributed by atoms with Gasteiger partial charge in [0.25, 0.3) is 5.91 Å². The molecule has 140 valence electrons. The number of likely N-dealkylation sites (tertiary alicyclic amines) is 1. The van der Waals surface area contributed by atoms with Gasteiger partial charge in [0.1, 0.15) is 5.69 Å². The average molecular weight is 434 g/mol. The maximum absolute atomic E-state index is 12.7. The second-order valence-electron chi connectivity index (χ2n) is 6.81. The molecule has 2 amide bonds. The second-order valence-corrected chi connectivity index (χ2v) is 7.72. The number of halogens is 2. The van der Waals surface area contributed by atoms with Crippen LogP contribution < -0.4 is 10.6 Å². The van der Waals surface area contributed by atoms with Crippen LogP contribution in [0.2, 0.25) is 0 Å². The van der Waals surface area contributed by atoms with E-state index in [1.165, 1.54) is 0 Å². The number of nitrogens with zero attached hydrogens (tertiary/aromatic N) is 2. The molecule has 1 aromatic rings. The SMILES string of the molecule is Cl.Cn1cc(Br)cc1C(=O)N1CCCC(CNC(=O)C2CCCN2)C1. The van der Waals surface area contributed by atoms with E-state index in [0.717, 1.165) is 43.2 Å². The Bertz CT molecular complexity index is 616. The first-order chi connectivity index (χ1) is 11.5. The van der Waals surface area contributed by atoms with Gasteiger partial charge >= 0.3 is 0 Å². The first-order valence-electron chi connectivity index (χ1n) is 8.67. The fourth-order valence-electron chi connectivity index (χ4n) is 3.59. The molecule has 0 spiro atoms. The van der Waals surface area contributed by atoms with Crippen molar-refractivity contribution >= 4 is 40.2 Å². The molecule has 2 N–H and O–H groups in total. The predicted octanol–water partition coefficient (Wildman–Crippen LogP) is 1.93. The second kappa shape index (κ2) is 9.05. The molecule has 6 nitrogen and oxygen atoms in total. The maximum Gasteiger partial charge on any atom is 0.270 e. The smallest absolute Gasteiger partial charge is 0.270 e. The van der Waals surface area contributed by atoms with Gasteiger partial charge in [0.15, 0.2) is 0 Å². The number of amides is 2. The zero-order chi connectivity index (χ0) is 17.1. The van der Waals surface area contributed by atoms with Gasteiger partial charge in [-0.05, 0) is 60.1 Å². The number of piperidine rings is 1. The third kappa shape index (κ3) is 4.99. The van der Waals surface area contributed by atoms with Gasteiger partial charge in [-0.3, -0.25) is 9.59 Å². The summed E-state index contributed by atoms with van der Waals surface area (Å²) in [6, 6.07) is 1.83. The molecule has 0 aromatic carbocycles. The van der Waals surface area contributed by atoms with Crippen molar-refractivity contribution in [2.24, 2.45) is 13.0 Å². The fraction of sp³-hybridized carbons (Fsp3) is 0.647. The molecule has 1 aromatic heterocycles. The van der Waals surface area contributed by atoms with Crippen molar-refractivity contribution in [2.45, 2.75) is 31.7 Å². The molecule has 3 rings (SSSR count). The normalized spacial score (nSPS) is 23.2. The van der Waals surface area contributed by atoms with Gasteiger partial charge in [0, 0.05) is 37.4 Å². The van der Waals surface area contributed by atoms with Gasteiger partial charge in [-0.2, -0.15) is 0 Å². The zero-order valence-electron chi connectivity index (χ0n) is 14.5. The lowest BCUT2D eigenvalue weighted by atomic mass is 9.97. The Labute approximate surface area is 163 Å². The number of nitrogens with one attached hydrogen (secondary N) is 2. The molecule has 0 radical (unpaired) electrons. The minimum absolute atomic E-state index is 0. The first kappa shape index (κ1) is 20.3. The number of hydrogen-bond acceptors (Lipinski definition) is 3. The maximum atomic E-state index is 12.7. The van der Waals surface area contributed by atoms with E-state index < -0.39 is 0 Å². The highest BCUT2D eigenvalue weighted by atomic mass is 79.9. The molecule has 0 aliphatic carbocycles. The van der Waals surface area contributed by atoms with Crippen molar-refractivity contribution in [3.05, 3.63) is 22.4 Å². The Morgan fingerprint density at radius 1 is 1.36 bits per heavy atom. The lowest BCUT2D eigenvalue weighted by Gasteiger charge is -2.33. The fourth-order valence-corrected chi connectivity index (χ4v) is 4.12. The topological polar surface area (TPSA) is 66.4 Å². The Hall–Kier alpha value is -1.05. The minimum Gasteiger partial charge on any atom is -0.354 e. The Morgan fingerprint density at radius 2 is 2.16 bits per heavy atom. The van der Waals surface area contributed by atoms with Crippen molar-refractivity contribution in [3.8, 4) is 0 Å². The Morgan fingerprint density at radius 3 is 2.80 bits per heavy atom. The summed E-state index contributed by atoms with van der Waals surface area (Å²) in [5.74, 6) is 0.496. The van der Waals surface area contributed by atoms with E-state index >= 15 is 0 Å². The highest BCUT2D eigenvalue weighted by Crippen LogP contribution is 2.20. The van der Waals surface area contributed by atoms with Gasteiger partial charge in [0.05, 0.1) is 6.04 Å². The molecule has 2 aliphatic heterocycles. The standard InChI is InChI=1S/C17H25BrN4O2.ClH/c1-21-11-13(18)8-15(21)17(24)22-7-3-4-12(10-22)9-20-16(23)14-5-2-6-19-14;/h8,11-12,14,19H,2-7,9-10H2,1H3,(H,20,23);1H. The third-order valence-electron chi connectivity index (χ3n) is 4.94. The summed E-state index contributed by atoms with van der Waals surface area (Å²) in [6.07, 6.45) is 5.92. The molecule has 2 aliphatic rings. The van der Waals surface area contributed by atoms with Crippen LogP contribution in [0, 0.1) is 5.92 Å². The summed E-state index contributed by atoms with van der Waals surface area (Å²) in [5, 5.41) is 6.27. The molecular formula is C17H26BrClN4O2. The molecule has 2 unspecified atom stereocenters. The number of hydrogen-bond donors (Lipinski definition) is 2. The highest BCUT2D eigenvalue weighted by molar-refractivity contribution is 9.10. The Kier molecular flexibility index (Phi) is 7.34. The average Bonchev–Trinajstić information content (AvgIpc) is 3.22. The van der Waals surface area contributed by atoms with Crippen molar-refractivity contribution in [1.82, 2.24) is 20.1 Å². The molecule has 25 heavy (non-hydrogen) atoms. The lowest BCUT2D eigenvalue weighted by molar-refractivity contribution is -0.123. The molecule has 0 bridgehead atoms. The van der Waals surface area contributed by atoms with E-state index in [1.54, 1.807) is 0 Å². The van der Waals surface area contributed by atoms with E-state index in [0.29, 0.717) is 24.7 Å². The quantitative estimate of drug-likeness (QED) is 0.762. The third-order valence-corrected chi connectivity index (χ3v) is 5.37. The highest BCUT2D eigenvalue weighted by Gasteiger charge is 2.27. The lowest BCUT2D eigenvalue weighted by Crippen LogP contribution is -2.47. The van der Waals surface area contributed by atoms with Crippen molar-refractivity contribution in [2.75, 3.05) is 26.2 Å². The van der Waals surface area contributed by atoms with Crippen LogP contribution in [0.15, 0.2) is 16.7 Å². The van der Waals surface area contributed by atoms with Crippen LogP contribution in [0.1, 0.15) is 36.2 Å². The minimum atomic E-state index is -0.0351. The number of carbonyl (C=O) groups excluding carboxylic acids is 2. The van der Waals surface area contributed by atoms with Crippen LogP contribution in [0.3, 0.4) is 0 Å². The van der Waals surface area contributed by atoms with Gasteiger partial charge in [0.2, 0.25) is 5.91 Å². The van der Waals surface area contributed by atoms with E-state index in [9.17, 15) is 9.59 Å². The molecule has 2 atom stereocenters. The van der Waals surface area contributed by atoms with Crippen LogP contribution in [0.5, 0.6) is 0 Å². The molecular weight excluding hydrogens is 408 g/mol. The van der Waals surface area contributed by atoms with E-state index in [4.69, 9.17) is 0 Å². The van der Waals surface area contributed by atoms with Crippen LogP contribution >= 0.6 is 28.3 Å². The Balaban J connectivity index is 0.00000225. The van der Waals surface area contributed by atoms with Crippen molar-refractivity contribution in [1.29, 1.82) is 0 Å². The molecule has 3 heterocycles. The summed E-state index contributed by atoms with van der Waals surface area (Å²) >= 11 is 3.42. The van der Waals surface area contributed by atoms with Gasteiger partial charge in [-0.1, -0.05) is 0 Å². The van der Waals surface area contributed by atoms with Crippen molar-refractivity contribution < 1.29 is 9.59 Å². The predicted molar refractivity (Wildman–Crippen MR) is 103 cm³/mol. The van der Waals surface area contributed by atoms with Crippen molar-refractivity contribution in [3.63, 3.8) is 0 Å². The monoisotopic (exact) mass is 432 g/mol. The molecule has 2 fully saturated rings. The summed E-state index contributed by atoms with van der Waals surface area (Å²) in [4.78, 5) is 26.7. The van der Waals surface area contributed by atoms with E-state index in [-0.39, 0.29) is 30.3 Å². The van der Waals surface area contributed by atoms with Gasteiger partial charge in [-0.15, -0.1) is 12.4 Å². The van der Waals surface area contributed by atoms with E-state index in [2.05, 4.69) is 26.6 Å². The summed E-state index contributed by atoms with van der Waals surface area (Å²) in [5.41, 5.74) is 0.696.